The van der Waals surface area contributed by atoms with Crippen LogP contribution in [0.4, 0.5) is 0 Å². The minimum absolute atomic E-state index is 0.139. The number of aromatic nitrogens is 1. The minimum atomic E-state index is -0.553. The van der Waals surface area contributed by atoms with E-state index in [2.05, 4.69) is 4.90 Å². The normalized spacial score (nSPS) is 12.7. The third-order valence-corrected chi connectivity index (χ3v) is 3.98. The Kier molecular flexibility index (Phi) is 8.19. The van der Waals surface area contributed by atoms with E-state index in [9.17, 15) is 9.59 Å². The van der Waals surface area contributed by atoms with Gasteiger partial charge in [0.2, 0.25) is 0 Å². The highest BCUT2D eigenvalue weighted by atomic mass is 16.5. The summed E-state index contributed by atoms with van der Waals surface area (Å²) in [6.45, 7) is 9.29. The van der Waals surface area contributed by atoms with E-state index in [4.69, 9.17) is 4.74 Å². The minimum Gasteiger partial charge on any atom is -0.464 e. The molecular formula is C19H32N2O3. The van der Waals surface area contributed by atoms with E-state index >= 15 is 0 Å². The van der Waals surface area contributed by atoms with Crippen molar-refractivity contribution in [2.45, 2.75) is 53.0 Å². The predicted octanol–water partition coefficient (Wildman–Crippen LogP) is 2.80. The largest absolute Gasteiger partial charge is 0.464 e. The van der Waals surface area contributed by atoms with E-state index in [1.54, 1.807) is 10.6 Å². The first-order chi connectivity index (χ1) is 11.3. The number of carbonyl (C=O) groups is 1. The summed E-state index contributed by atoms with van der Waals surface area (Å²) in [4.78, 5) is 27.0. The van der Waals surface area contributed by atoms with Gasteiger partial charge in [0.05, 0.1) is 6.61 Å². The monoisotopic (exact) mass is 336 g/mol. The Labute approximate surface area is 145 Å². The predicted molar refractivity (Wildman–Crippen MR) is 97.4 cm³/mol. The second kappa shape index (κ2) is 9.62. The molecule has 24 heavy (non-hydrogen) atoms. The van der Waals surface area contributed by atoms with Gasteiger partial charge in [-0.2, -0.15) is 0 Å². The molecule has 0 radical (unpaired) electrons. The Morgan fingerprint density at radius 2 is 2.00 bits per heavy atom. The fourth-order valence-electron chi connectivity index (χ4n) is 2.60. The van der Waals surface area contributed by atoms with Gasteiger partial charge in [-0.05, 0) is 57.3 Å². The van der Waals surface area contributed by atoms with Crippen LogP contribution in [0.25, 0.3) is 0 Å². The van der Waals surface area contributed by atoms with Crippen LogP contribution in [0.2, 0.25) is 0 Å². The highest BCUT2D eigenvalue weighted by Gasteiger charge is 2.24. The Balaban J connectivity index is 3.17. The molecule has 1 heterocycles. The van der Waals surface area contributed by atoms with Crippen molar-refractivity contribution in [2.75, 3.05) is 27.2 Å². The van der Waals surface area contributed by atoms with Crippen LogP contribution in [0.5, 0.6) is 0 Å². The summed E-state index contributed by atoms with van der Waals surface area (Å²) in [5.41, 5.74) is 1.93. The van der Waals surface area contributed by atoms with Crippen LogP contribution in [0.1, 0.15) is 50.8 Å². The number of hydrogen-bond donors (Lipinski definition) is 0. The lowest BCUT2D eigenvalue weighted by Gasteiger charge is -2.22. The van der Waals surface area contributed by atoms with Gasteiger partial charge in [0.25, 0.3) is 5.56 Å². The number of ether oxygens (including phenoxy) is 1. The third kappa shape index (κ3) is 6.11. The lowest BCUT2D eigenvalue weighted by molar-refractivity contribution is -0.148. The van der Waals surface area contributed by atoms with Gasteiger partial charge in [0.1, 0.15) is 6.04 Å². The fourth-order valence-corrected chi connectivity index (χ4v) is 2.60. The number of rotatable bonds is 9. The molecule has 0 saturated carbocycles. The van der Waals surface area contributed by atoms with E-state index in [0.717, 1.165) is 30.5 Å². The zero-order chi connectivity index (χ0) is 18.3. The average Bonchev–Trinajstić information content (AvgIpc) is 2.49. The molecule has 1 atom stereocenters. The number of aryl methyl sites for hydroxylation is 1. The maximum Gasteiger partial charge on any atom is 0.329 e. The summed E-state index contributed by atoms with van der Waals surface area (Å²) in [5, 5.41) is 0. The topological polar surface area (TPSA) is 51.5 Å². The molecule has 5 nitrogen and oxygen atoms in total. The van der Waals surface area contributed by atoms with E-state index < -0.39 is 6.04 Å². The van der Waals surface area contributed by atoms with Crippen LogP contribution in [-0.2, 0) is 16.0 Å². The Bertz CT molecular complexity index is 591. The Morgan fingerprint density at radius 1 is 1.33 bits per heavy atom. The molecule has 1 rings (SSSR count). The average molecular weight is 336 g/mol. The molecule has 1 unspecified atom stereocenters. The van der Waals surface area contributed by atoms with E-state index in [1.807, 2.05) is 48.0 Å². The van der Waals surface area contributed by atoms with Crippen molar-refractivity contribution in [1.29, 1.82) is 0 Å². The smallest absolute Gasteiger partial charge is 0.329 e. The highest BCUT2D eigenvalue weighted by molar-refractivity contribution is 5.74. The zero-order valence-corrected chi connectivity index (χ0v) is 16.0. The fraction of sp³-hybridized carbons (Fsp3) is 0.684. The molecule has 0 saturated heterocycles. The summed E-state index contributed by atoms with van der Waals surface area (Å²) in [6.07, 6.45) is 4.06. The molecule has 1 aromatic rings. The second-order valence-electron chi connectivity index (χ2n) is 7.09. The zero-order valence-electron chi connectivity index (χ0n) is 16.0. The summed E-state index contributed by atoms with van der Waals surface area (Å²) >= 11 is 0. The molecular weight excluding hydrogens is 304 g/mol. The number of nitrogens with zero attached hydrogens (tertiary/aromatic N) is 2. The van der Waals surface area contributed by atoms with Crippen molar-refractivity contribution in [3.8, 4) is 0 Å². The van der Waals surface area contributed by atoms with Gasteiger partial charge < -0.3 is 14.2 Å². The molecule has 0 aliphatic heterocycles. The first-order valence-electron chi connectivity index (χ1n) is 8.79. The van der Waals surface area contributed by atoms with Crippen molar-refractivity contribution >= 4 is 5.97 Å². The summed E-state index contributed by atoms with van der Waals surface area (Å²) in [6, 6.07) is 1.08. The van der Waals surface area contributed by atoms with Gasteiger partial charge >= 0.3 is 5.97 Å². The van der Waals surface area contributed by atoms with Crippen LogP contribution >= 0.6 is 0 Å². The van der Waals surface area contributed by atoms with Gasteiger partial charge in [-0.15, -0.1) is 0 Å². The quantitative estimate of drug-likeness (QED) is 0.651. The molecule has 0 amide bonds. The Morgan fingerprint density at radius 3 is 2.54 bits per heavy atom. The summed E-state index contributed by atoms with van der Waals surface area (Å²) in [7, 11) is 4.05. The first-order valence-corrected chi connectivity index (χ1v) is 8.79. The van der Waals surface area contributed by atoms with Gasteiger partial charge in [-0.3, -0.25) is 4.79 Å². The van der Waals surface area contributed by atoms with E-state index in [0.29, 0.717) is 18.9 Å². The maximum absolute atomic E-state index is 12.5. The maximum atomic E-state index is 12.5. The SMILES string of the molecule is CCCOC(=O)C(CC(C)C)n1cc(CCN(C)C)c(C)cc1=O. The van der Waals surface area contributed by atoms with Crippen molar-refractivity contribution in [3.05, 3.63) is 33.7 Å². The van der Waals surface area contributed by atoms with E-state index in [1.165, 1.54) is 0 Å². The van der Waals surface area contributed by atoms with Crippen molar-refractivity contribution in [1.82, 2.24) is 9.47 Å². The van der Waals surface area contributed by atoms with Crippen LogP contribution in [0.15, 0.2) is 17.1 Å². The van der Waals surface area contributed by atoms with Gasteiger partial charge in [0.15, 0.2) is 0 Å². The number of likely N-dealkylation sites (N-methyl/N-ethyl adjacent to an activating group) is 1. The van der Waals surface area contributed by atoms with Crippen LogP contribution in [0, 0.1) is 12.8 Å². The van der Waals surface area contributed by atoms with Crippen LogP contribution in [0.3, 0.4) is 0 Å². The molecule has 0 aliphatic rings. The van der Waals surface area contributed by atoms with E-state index in [-0.39, 0.29) is 11.5 Å². The Hall–Kier alpha value is -1.62. The summed E-state index contributed by atoms with van der Waals surface area (Å²) < 4.78 is 6.89. The number of pyridine rings is 1. The standard InChI is InChI=1S/C19H32N2O3/c1-7-10-24-19(23)17(11-14(2)3)21-13-16(8-9-20(5)6)15(4)12-18(21)22/h12-14,17H,7-11H2,1-6H3. The molecule has 1 aromatic heterocycles. The third-order valence-electron chi connectivity index (χ3n) is 3.98. The highest BCUT2D eigenvalue weighted by Crippen LogP contribution is 2.19. The molecule has 5 heteroatoms. The van der Waals surface area contributed by atoms with Crippen LogP contribution < -0.4 is 5.56 Å². The molecule has 0 spiro atoms. The number of hydrogen-bond acceptors (Lipinski definition) is 4. The lowest BCUT2D eigenvalue weighted by Crippen LogP contribution is -2.32. The molecule has 136 valence electrons. The molecule has 0 N–H and O–H groups in total. The molecule has 0 aliphatic carbocycles. The molecule has 0 fully saturated rings. The first kappa shape index (κ1) is 20.4. The molecule has 0 aromatic carbocycles. The lowest BCUT2D eigenvalue weighted by atomic mass is 10.0. The molecule has 0 bridgehead atoms. The van der Waals surface area contributed by atoms with Crippen molar-refractivity contribution < 1.29 is 9.53 Å². The summed E-state index contributed by atoms with van der Waals surface area (Å²) in [5.74, 6) is -0.0160. The van der Waals surface area contributed by atoms with Gasteiger partial charge in [-0.1, -0.05) is 20.8 Å². The van der Waals surface area contributed by atoms with Crippen molar-refractivity contribution in [2.24, 2.45) is 5.92 Å². The van der Waals surface area contributed by atoms with Gasteiger partial charge in [0, 0.05) is 18.8 Å². The second-order valence-corrected chi connectivity index (χ2v) is 7.09. The van der Waals surface area contributed by atoms with Crippen LogP contribution in [-0.4, -0.2) is 42.7 Å². The number of carbonyl (C=O) groups excluding carboxylic acids is 1. The number of esters is 1. The van der Waals surface area contributed by atoms with Gasteiger partial charge in [-0.25, -0.2) is 4.79 Å². The van der Waals surface area contributed by atoms with Crippen molar-refractivity contribution in [3.63, 3.8) is 0 Å².